The molecule has 0 aromatic rings. The van der Waals surface area contributed by atoms with Gasteiger partial charge >= 0.3 is 10.4 Å². The molecule has 0 radical (unpaired) electrons. The molecule has 1 fully saturated rings. The Kier molecular flexibility index (Phi) is 39.3. The average molecular weight is 948 g/mol. The molecule has 0 aliphatic carbocycles. The first-order valence-corrected chi connectivity index (χ1v) is 27.7. The zero-order chi connectivity index (χ0) is 47.8. The third kappa shape index (κ3) is 33.6. The molecule has 1 amide bonds. The van der Waals surface area contributed by atoms with E-state index < -0.39 is 78.5 Å². The van der Waals surface area contributed by atoms with Gasteiger partial charge in [-0.25, -0.2) is 4.18 Å². The second kappa shape index (κ2) is 41.5. The average Bonchev–Trinajstić information content (AvgIpc) is 3.28. The summed E-state index contributed by atoms with van der Waals surface area (Å²) in [4.78, 5) is 13.2. The molecule has 0 bridgehead atoms. The van der Waals surface area contributed by atoms with Crippen LogP contribution in [0, 0.1) is 0 Å². The Balaban J connectivity index is 2.53. The van der Waals surface area contributed by atoms with Crippen molar-refractivity contribution in [3.05, 3.63) is 24.3 Å². The smallest absolute Gasteiger partial charge is 0.394 e. The predicted octanol–water partition coefficient (Wildman–Crippen LogP) is 10.3. The lowest BCUT2D eigenvalue weighted by Gasteiger charge is -2.41. The van der Waals surface area contributed by atoms with Crippen LogP contribution in [0.4, 0.5) is 0 Å². The van der Waals surface area contributed by atoms with Gasteiger partial charge in [0.15, 0.2) is 6.29 Å². The summed E-state index contributed by atoms with van der Waals surface area (Å²) < 4.78 is 47.6. The van der Waals surface area contributed by atoms with Crippen LogP contribution in [0.3, 0.4) is 0 Å². The van der Waals surface area contributed by atoms with Gasteiger partial charge in [0.25, 0.3) is 0 Å². The van der Waals surface area contributed by atoms with Crippen molar-refractivity contribution in [2.24, 2.45) is 0 Å². The summed E-state index contributed by atoms with van der Waals surface area (Å²) in [5.74, 6) is -0.708. The molecule has 14 heteroatoms. The summed E-state index contributed by atoms with van der Waals surface area (Å²) in [5, 5.41) is 55.4. The molecule has 0 saturated carbocycles. The van der Waals surface area contributed by atoms with E-state index in [4.69, 9.17) is 9.47 Å². The Morgan fingerprint density at radius 1 is 0.615 bits per heavy atom. The Morgan fingerprint density at radius 2 is 1.03 bits per heavy atom. The van der Waals surface area contributed by atoms with Crippen LogP contribution in [0.15, 0.2) is 24.3 Å². The first kappa shape index (κ1) is 61.6. The minimum atomic E-state index is -5.12. The second-order valence-corrected chi connectivity index (χ2v) is 19.7. The summed E-state index contributed by atoms with van der Waals surface area (Å²) in [6.45, 7) is 3.23. The fourth-order valence-corrected chi connectivity index (χ4v) is 8.93. The number of hydrogen-bond donors (Lipinski definition) is 7. The number of carbonyl (C=O) groups excluding carboxylic acids is 1. The van der Waals surface area contributed by atoms with E-state index >= 15 is 0 Å². The number of amides is 1. The molecule has 1 saturated heterocycles. The largest absolute Gasteiger partial charge is 0.397 e. The number of allylic oxidation sites excluding steroid dienone is 3. The van der Waals surface area contributed by atoms with Crippen LogP contribution < -0.4 is 5.32 Å². The summed E-state index contributed by atoms with van der Waals surface area (Å²) in [6.07, 6.45) is 36.8. The number of rotatable bonds is 45. The van der Waals surface area contributed by atoms with Gasteiger partial charge in [-0.15, -0.1) is 0 Å². The minimum absolute atomic E-state index is 0.241. The van der Waals surface area contributed by atoms with Gasteiger partial charge in [0.1, 0.15) is 30.5 Å². The molecular formula is C51H97NO12S. The molecule has 13 nitrogen and oxygen atoms in total. The third-order valence-electron chi connectivity index (χ3n) is 12.6. The maximum atomic E-state index is 13.2. The van der Waals surface area contributed by atoms with Crippen LogP contribution in [0.2, 0.25) is 0 Å². The molecule has 1 heterocycles. The summed E-state index contributed by atoms with van der Waals surface area (Å²) in [6, 6.07) is -1.13. The third-order valence-corrected chi connectivity index (χ3v) is 13.1. The maximum absolute atomic E-state index is 13.2. The summed E-state index contributed by atoms with van der Waals surface area (Å²) in [7, 11) is -5.12. The van der Waals surface area contributed by atoms with Gasteiger partial charge < -0.3 is 40.3 Å². The molecule has 384 valence electrons. The Bertz CT molecular complexity index is 1270. The van der Waals surface area contributed by atoms with E-state index in [2.05, 4.69) is 35.5 Å². The lowest BCUT2D eigenvalue weighted by molar-refractivity contribution is -0.298. The highest BCUT2D eigenvalue weighted by atomic mass is 32.3. The van der Waals surface area contributed by atoms with Crippen molar-refractivity contribution in [3.63, 3.8) is 0 Å². The number of aliphatic hydroxyl groups is 5. The number of nitrogens with one attached hydrogen (secondary N) is 1. The first-order chi connectivity index (χ1) is 31.4. The van der Waals surface area contributed by atoms with Crippen LogP contribution >= 0.6 is 0 Å². The number of aliphatic hydroxyl groups excluding tert-OH is 5. The normalized spacial score (nSPS) is 20.8. The van der Waals surface area contributed by atoms with Crippen molar-refractivity contribution >= 4 is 16.3 Å². The fourth-order valence-electron chi connectivity index (χ4n) is 8.42. The van der Waals surface area contributed by atoms with E-state index in [1.54, 1.807) is 6.08 Å². The topological polar surface area (TPSA) is 212 Å². The monoisotopic (exact) mass is 948 g/mol. The van der Waals surface area contributed by atoms with E-state index in [-0.39, 0.29) is 6.42 Å². The van der Waals surface area contributed by atoms with Gasteiger partial charge in [0, 0.05) is 0 Å². The number of hydrogen-bond acceptors (Lipinski definition) is 11. The molecule has 7 N–H and O–H groups in total. The highest BCUT2D eigenvalue weighted by Gasteiger charge is 2.48. The highest BCUT2D eigenvalue weighted by molar-refractivity contribution is 7.80. The van der Waals surface area contributed by atoms with E-state index in [1.165, 1.54) is 167 Å². The molecule has 0 aromatic carbocycles. The Hall–Kier alpha value is -1.46. The van der Waals surface area contributed by atoms with Crippen molar-refractivity contribution in [1.82, 2.24) is 5.32 Å². The molecule has 1 aliphatic heterocycles. The molecule has 0 aromatic heterocycles. The van der Waals surface area contributed by atoms with Gasteiger partial charge in [-0.05, 0) is 32.1 Å². The molecule has 65 heavy (non-hydrogen) atoms. The minimum Gasteiger partial charge on any atom is -0.394 e. The van der Waals surface area contributed by atoms with Gasteiger partial charge in [-0.3, -0.25) is 9.35 Å². The van der Waals surface area contributed by atoms with Gasteiger partial charge in [0.2, 0.25) is 5.91 Å². The number of ether oxygens (including phenoxy) is 2. The van der Waals surface area contributed by atoms with Crippen LogP contribution in [0.1, 0.15) is 232 Å². The van der Waals surface area contributed by atoms with Crippen molar-refractivity contribution in [2.75, 3.05) is 13.2 Å². The van der Waals surface area contributed by atoms with E-state index in [9.17, 15) is 43.3 Å². The van der Waals surface area contributed by atoms with E-state index in [0.717, 1.165) is 38.5 Å². The van der Waals surface area contributed by atoms with E-state index in [1.807, 2.05) is 0 Å². The van der Waals surface area contributed by atoms with Crippen molar-refractivity contribution in [1.29, 1.82) is 0 Å². The maximum Gasteiger partial charge on any atom is 0.397 e. The van der Waals surface area contributed by atoms with Gasteiger partial charge in [-0.1, -0.05) is 224 Å². The van der Waals surface area contributed by atoms with Crippen LogP contribution in [-0.4, -0.2) is 107 Å². The van der Waals surface area contributed by atoms with Gasteiger partial charge in [0.05, 0.1) is 25.4 Å². The molecule has 0 spiro atoms. The molecular weight excluding hydrogens is 851 g/mol. The zero-order valence-corrected chi connectivity index (χ0v) is 41.7. The summed E-state index contributed by atoms with van der Waals surface area (Å²) >= 11 is 0. The SMILES string of the molecule is CCCCCCCCCCCCCCC/C=C/CC/C=C/C(O)C(COC1OC(CO)C(O)C(OS(=O)(=O)O)C1O)NC(=O)C(O)CCCCCCCCCCCCCCCCCCC. The number of unbranched alkanes of at least 4 members (excludes halogenated alkanes) is 30. The first-order valence-electron chi connectivity index (χ1n) is 26.3. The molecule has 8 atom stereocenters. The highest BCUT2D eigenvalue weighted by Crippen LogP contribution is 2.26. The molecule has 8 unspecified atom stereocenters. The van der Waals surface area contributed by atoms with Crippen LogP contribution in [0.5, 0.6) is 0 Å². The van der Waals surface area contributed by atoms with E-state index in [0.29, 0.717) is 12.8 Å². The van der Waals surface area contributed by atoms with Gasteiger partial charge in [-0.2, -0.15) is 8.42 Å². The molecule has 1 aliphatic rings. The second-order valence-electron chi connectivity index (χ2n) is 18.6. The van der Waals surface area contributed by atoms with Crippen molar-refractivity contribution in [3.8, 4) is 0 Å². The Morgan fingerprint density at radius 3 is 1.48 bits per heavy atom. The van der Waals surface area contributed by atoms with Crippen LogP contribution in [-0.2, 0) is 28.9 Å². The molecule has 1 rings (SSSR count). The fraction of sp³-hybridized carbons (Fsp3) is 0.902. The lowest BCUT2D eigenvalue weighted by atomic mass is 9.99. The zero-order valence-electron chi connectivity index (χ0n) is 40.9. The lowest BCUT2D eigenvalue weighted by Crippen LogP contribution is -2.61. The van der Waals surface area contributed by atoms with Crippen molar-refractivity contribution < 1.29 is 57.0 Å². The summed E-state index contributed by atoms with van der Waals surface area (Å²) in [5.41, 5.74) is 0. The quantitative estimate of drug-likeness (QED) is 0.0173. The van der Waals surface area contributed by atoms with Crippen molar-refractivity contribution in [2.45, 2.75) is 281 Å². The Labute approximate surface area is 395 Å². The standard InChI is InChI=1S/C51H97NO12S/c1-3-5-7-9-11-13-15-17-19-21-22-24-25-27-29-31-33-35-37-39-44(54)43(42-62-51-48(57)49(64-65(59,60)61)47(56)46(41-53)63-51)52-50(58)45(55)40-38-36-34-32-30-28-26-23-20-18-16-14-12-10-8-6-4-2/h29,31,37,39,43-49,51,53-57H,3-28,30,32-36,38,40-42H2,1-2H3,(H,52,58)(H,59,60,61)/b31-29+,39-37+. The number of carbonyl (C=O) groups is 1. The predicted molar refractivity (Wildman–Crippen MR) is 261 cm³/mol. The van der Waals surface area contributed by atoms with Crippen LogP contribution in [0.25, 0.3) is 0 Å².